The standard InChI is InChI=1S/C19H22F2N2O2/c1-22(11-12-25-18-10-6-5-9-17(18)21)14-19(24)23(2)13-15-7-3-4-8-16(15)20/h3-10H,11-14H2,1-2H3. The zero-order valence-electron chi connectivity index (χ0n) is 14.4. The van der Waals surface area contributed by atoms with Gasteiger partial charge < -0.3 is 9.64 Å². The Labute approximate surface area is 146 Å². The quantitative estimate of drug-likeness (QED) is 0.735. The van der Waals surface area contributed by atoms with Gasteiger partial charge in [0, 0.05) is 25.7 Å². The molecule has 0 unspecified atom stereocenters. The molecule has 6 heteroatoms. The second kappa shape index (κ2) is 9.13. The molecule has 0 aromatic heterocycles. The Hall–Kier alpha value is -2.47. The van der Waals surface area contributed by atoms with Crippen molar-refractivity contribution in [2.45, 2.75) is 6.54 Å². The van der Waals surface area contributed by atoms with E-state index in [0.717, 1.165) is 0 Å². The van der Waals surface area contributed by atoms with E-state index < -0.39 is 5.82 Å². The third-order valence-electron chi connectivity index (χ3n) is 3.76. The molecule has 4 nitrogen and oxygen atoms in total. The van der Waals surface area contributed by atoms with Crippen LogP contribution in [0.1, 0.15) is 5.56 Å². The maximum atomic E-state index is 13.6. The van der Waals surface area contributed by atoms with Gasteiger partial charge in [0.1, 0.15) is 12.4 Å². The van der Waals surface area contributed by atoms with Gasteiger partial charge in [0.05, 0.1) is 6.54 Å². The highest BCUT2D eigenvalue weighted by molar-refractivity contribution is 5.77. The Kier molecular flexibility index (Phi) is 6.89. The van der Waals surface area contributed by atoms with Crippen molar-refractivity contribution < 1.29 is 18.3 Å². The van der Waals surface area contributed by atoms with E-state index in [1.807, 2.05) is 0 Å². The summed E-state index contributed by atoms with van der Waals surface area (Å²) >= 11 is 0. The molecule has 25 heavy (non-hydrogen) atoms. The number of ether oxygens (including phenoxy) is 1. The predicted molar refractivity (Wildman–Crippen MR) is 92.3 cm³/mol. The highest BCUT2D eigenvalue weighted by Gasteiger charge is 2.14. The summed E-state index contributed by atoms with van der Waals surface area (Å²) in [7, 11) is 3.41. The monoisotopic (exact) mass is 348 g/mol. The van der Waals surface area contributed by atoms with Crippen LogP contribution in [0.25, 0.3) is 0 Å². The number of carbonyl (C=O) groups is 1. The lowest BCUT2D eigenvalue weighted by atomic mass is 10.2. The van der Waals surface area contributed by atoms with Crippen LogP contribution in [-0.4, -0.2) is 49.5 Å². The number of likely N-dealkylation sites (N-methyl/N-ethyl adjacent to an activating group) is 2. The van der Waals surface area contributed by atoms with E-state index in [1.54, 1.807) is 55.4 Å². The molecule has 0 aliphatic carbocycles. The minimum atomic E-state index is -0.411. The van der Waals surface area contributed by atoms with Gasteiger partial charge in [-0.1, -0.05) is 30.3 Å². The first-order chi connectivity index (χ1) is 12.0. The third kappa shape index (κ3) is 5.83. The van der Waals surface area contributed by atoms with Crippen molar-refractivity contribution in [2.75, 3.05) is 33.8 Å². The molecule has 0 fully saturated rings. The van der Waals surface area contributed by atoms with Crippen molar-refractivity contribution in [3.8, 4) is 5.75 Å². The lowest BCUT2D eigenvalue weighted by Crippen LogP contribution is -2.38. The Morgan fingerprint density at radius 1 is 1.00 bits per heavy atom. The van der Waals surface area contributed by atoms with Gasteiger partial charge in [0.15, 0.2) is 11.6 Å². The summed E-state index contributed by atoms with van der Waals surface area (Å²) in [6.07, 6.45) is 0. The van der Waals surface area contributed by atoms with Gasteiger partial charge in [-0.2, -0.15) is 0 Å². The normalized spacial score (nSPS) is 10.8. The fourth-order valence-corrected chi connectivity index (χ4v) is 2.27. The minimum absolute atomic E-state index is 0.128. The molecular formula is C19H22F2N2O2. The number of amides is 1. The van der Waals surface area contributed by atoms with Gasteiger partial charge in [-0.05, 0) is 25.2 Å². The van der Waals surface area contributed by atoms with Crippen molar-refractivity contribution in [1.29, 1.82) is 0 Å². The Bertz CT molecular complexity index is 709. The number of hydrogen-bond acceptors (Lipinski definition) is 3. The van der Waals surface area contributed by atoms with E-state index >= 15 is 0 Å². The second-order valence-electron chi connectivity index (χ2n) is 5.86. The summed E-state index contributed by atoms with van der Waals surface area (Å²) in [5.74, 6) is -0.671. The summed E-state index contributed by atoms with van der Waals surface area (Å²) in [5, 5.41) is 0. The molecule has 0 atom stereocenters. The van der Waals surface area contributed by atoms with Crippen LogP contribution in [0.5, 0.6) is 5.75 Å². The van der Waals surface area contributed by atoms with Gasteiger partial charge in [-0.15, -0.1) is 0 Å². The van der Waals surface area contributed by atoms with Crippen LogP contribution < -0.4 is 4.74 Å². The van der Waals surface area contributed by atoms with Crippen LogP contribution in [0.3, 0.4) is 0 Å². The molecule has 0 saturated carbocycles. The van der Waals surface area contributed by atoms with E-state index in [-0.39, 0.29) is 37.2 Å². The van der Waals surface area contributed by atoms with Crippen molar-refractivity contribution >= 4 is 5.91 Å². The maximum absolute atomic E-state index is 13.6. The highest BCUT2D eigenvalue weighted by Crippen LogP contribution is 2.15. The number of benzene rings is 2. The van der Waals surface area contributed by atoms with Crippen LogP contribution in [0.4, 0.5) is 8.78 Å². The maximum Gasteiger partial charge on any atom is 0.236 e. The summed E-state index contributed by atoms with van der Waals surface area (Å²) in [4.78, 5) is 15.5. The zero-order valence-corrected chi connectivity index (χ0v) is 14.4. The molecular weight excluding hydrogens is 326 g/mol. The number of nitrogens with zero attached hydrogens (tertiary/aromatic N) is 2. The van der Waals surface area contributed by atoms with E-state index in [0.29, 0.717) is 12.1 Å². The molecule has 2 aromatic rings. The molecule has 1 amide bonds. The summed E-state index contributed by atoms with van der Waals surface area (Å²) in [6.45, 7) is 1.12. The summed E-state index contributed by atoms with van der Waals surface area (Å²) in [5.41, 5.74) is 0.476. The summed E-state index contributed by atoms with van der Waals surface area (Å²) in [6, 6.07) is 12.6. The third-order valence-corrected chi connectivity index (χ3v) is 3.76. The molecule has 0 saturated heterocycles. The Balaban J connectivity index is 1.75. The largest absolute Gasteiger partial charge is 0.489 e. The molecule has 0 aliphatic rings. The van der Waals surface area contributed by atoms with Crippen LogP contribution in [0.15, 0.2) is 48.5 Å². The van der Waals surface area contributed by atoms with Crippen molar-refractivity contribution in [1.82, 2.24) is 9.80 Å². The Morgan fingerprint density at radius 3 is 2.32 bits per heavy atom. The molecule has 0 spiro atoms. The van der Waals surface area contributed by atoms with E-state index in [9.17, 15) is 13.6 Å². The zero-order chi connectivity index (χ0) is 18.2. The molecule has 2 aromatic carbocycles. The fraction of sp³-hybridized carbons (Fsp3) is 0.316. The van der Waals surface area contributed by atoms with E-state index in [2.05, 4.69) is 0 Å². The fourth-order valence-electron chi connectivity index (χ4n) is 2.27. The molecule has 0 heterocycles. The minimum Gasteiger partial charge on any atom is -0.489 e. The van der Waals surface area contributed by atoms with Crippen molar-refractivity contribution in [3.63, 3.8) is 0 Å². The molecule has 0 radical (unpaired) electrons. The van der Waals surface area contributed by atoms with E-state index in [4.69, 9.17) is 4.74 Å². The lowest BCUT2D eigenvalue weighted by Gasteiger charge is -2.22. The topological polar surface area (TPSA) is 32.8 Å². The number of halogens is 2. The number of rotatable bonds is 8. The molecule has 0 aliphatic heterocycles. The van der Waals surface area contributed by atoms with Gasteiger partial charge in [-0.3, -0.25) is 9.69 Å². The first-order valence-corrected chi connectivity index (χ1v) is 8.00. The smallest absolute Gasteiger partial charge is 0.236 e. The molecule has 0 bridgehead atoms. The molecule has 2 rings (SSSR count). The molecule has 0 N–H and O–H groups in total. The van der Waals surface area contributed by atoms with Crippen LogP contribution >= 0.6 is 0 Å². The first kappa shape index (κ1) is 18.9. The van der Waals surface area contributed by atoms with Gasteiger partial charge in [-0.25, -0.2) is 8.78 Å². The molecule has 134 valence electrons. The highest BCUT2D eigenvalue weighted by atomic mass is 19.1. The van der Waals surface area contributed by atoms with E-state index in [1.165, 1.54) is 17.0 Å². The average molecular weight is 348 g/mol. The van der Waals surface area contributed by atoms with Gasteiger partial charge in [0.25, 0.3) is 0 Å². The predicted octanol–water partition coefficient (Wildman–Crippen LogP) is 2.93. The Morgan fingerprint density at radius 2 is 1.64 bits per heavy atom. The average Bonchev–Trinajstić information content (AvgIpc) is 2.58. The number of hydrogen-bond donors (Lipinski definition) is 0. The van der Waals surface area contributed by atoms with Crippen molar-refractivity contribution in [3.05, 3.63) is 65.7 Å². The summed E-state index contributed by atoms with van der Waals surface area (Å²) < 4.78 is 32.5. The van der Waals surface area contributed by atoms with Gasteiger partial charge in [0.2, 0.25) is 5.91 Å². The second-order valence-corrected chi connectivity index (χ2v) is 5.86. The van der Waals surface area contributed by atoms with Gasteiger partial charge >= 0.3 is 0 Å². The van der Waals surface area contributed by atoms with Crippen LogP contribution in [0.2, 0.25) is 0 Å². The number of para-hydroxylation sites is 1. The SMILES string of the molecule is CN(CCOc1ccccc1F)CC(=O)N(C)Cc1ccccc1F. The van der Waals surface area contributed by atoms with Crippen LogP contribution in [-0.2, 0) is 11.3 Å². The number of carbonyl (C=O) groups excluding carboxylic acids is 1. The van der Waals surface area contributed by atoms with Crippen molar-refractivity contribution in [2.24, 2.45) is 0 Å². The lowest BCUT2D eigenvalue weighted by molar-refractivity contribution is -0.131. The first-order valence-electron chi connectivity index (χ1n) is 8.00. The van der Waals surface area contributed by atoms with Crippen LogP contribution in [0, 0.1) is 11.6 Å².